The fourth-order valence-corrected chi connectivity index (χ4v) is 2.28. The monoisotopic (exact) mass is 302 g/mol. The van der Waals surface area contributed by atoms with Crippen LogP contribution in [0.3, 0.4) is 0 Å². The SMILES string of the molecule is CCCCC(C(=O)C=Cc1ccc(Cl)cc1)n1ccnc1. The first-order valence-corrected chi connectivity index (χ1v) is 7.53. The maximum Gasteiger partial charge on any atom is 0.178 e. The smallest absolute Gasteiger partial charge is 0.178 e. The van der Waals surface area contributed by atoms with E-state index in [1.807, 2.05) is 41.1 Å². The van der Waals surface area contributed by atoms with Crippen LogP contribution in [0.15, 0.2) is 49.1 Å². The predicted octanol–water partition coefficient (Wildman–Crippen LogP) is 4.55. The number of halogens is 1. The lowest BCUT2D eigenvalue weighted by molar-refractivity contribution is -0.117. The van der Waals surface area contributed by atoms with Crippen LogP contribution in [0.5, 0.6) is 0 Å². The van der Waals surface area contributed by atoms with E-state index >= 15 is 0 Å². The number of rotatable bonds is 7. The van der Waals surface area contributed by atoms with Gasteiger partial charge in [0.25, 0.3) is 0 Å². The molecular weight excluding hydrogens is 284 g/mol. The first-order valence-electron chi connectivity index (χ1n) is 7.15. The lowest BCUT2D eigenvalue weighted by atomic mass is 10.0. The molecule has 1 aromatic carbocycles. The molecule has 21 heavy (non-hydrogen) atoms. The van der Waals surface area contributed by atoms with Crippen molar-refractivity contribution in [1.82, 2.24) is 9.55 Å². The number of hydrogen-bond donors (Lipinski definition) is 0. The number of ketones is 1. The Bertz CT molecular complexity index is 588. The third-order valence-corrected chi connectivity index (χ3v) is 3.61. The molecule has 0 radical (unpaired) electrons. The van der Waals surface area contributed by atoms with E-state index in [2.05, 4.69) is 11.9 Å². The summed E-state index contributed by atoms with van der Waals surface area (Å²) in [5.41, 5.74) is 0.965. The summed E-state index contributed by atoms with van der Waals surface area (Å²) in [5.74, 6) is 0.0939. The van der Waals surface area contributed by atoms with E-state index < -0.39 is 0 Å². The van der Waals surface area contributed by atoms with E-state index in [0.717, 1.165) is 24.8 Å². The normalized spacial score (nSPS) is 12.7. The molecule has 0 amide bonds. The van der Waals surface area contributed by atoms with Crippen LogP contribution in [-0.2, 0) is 4.79 Å². The van der Waals surface area contributed by atoms with Gasteiger partial charge in [0.1, 0.15) is 0 Å². The Labute approximate surface area is 130 Å². The summed E-state index contributed by atoms with van der Waals surface area (Å²) in [6.07, 6.45) is 11.6. The molecule has 0 N–H and O–H groups in total. The maximum absolute atomic E-state index is 12.4. The van der Waals surface area contributed by atoms with Crippen molar-refractivity contribution in [3.63, 3.8) is 0 Å². The minimum Gasteiger partial charge on any atom is -0.327 e. The van der Waals surface area contributed by atoms with Gasteiger partial charge >= 0.3 is 0 Å². The molecule has 0 aliphatic carbocycles. The fourth-order valence-electron chi connectivity index (χ4n) is 2.15. The van der Waals surface area contributed by atoms with E-state index in [0.29, 0.717) is 5.02 Å². The van der Waals surface area contributed by atoms with Crippen molar-refractivity contribution < 1.29 is 4.79 Å². The number of aromatic nitrogens is 2. The molecule has 1 atom stereocenters. The molecule has 4 heteroatoms. The van der Waals surface area contributed by atoms with Crippen LogP contribution in [0.25, 0.3) is 6.08 Å². The highest BCUT2D eigenvalue weighted by Gasteiger charge is 2.16. The standard InChI is InChI=1S/C17H19ClN2O/c1-2-3-4-16(20-12-11-19-13-20)17(21)10-7-14-5-8-15(18)9-6-14/h5-13,16H,2-4H2,1H3. The van der Waals surface area contributed by atoms with Crippen LogP contribution in [0.1, 0.15) is 37.8 Å². The molecule has 0 saturated carbocycles. The number of carbonyl (C=O) groups is 1. The zero-order chi connectivity index (χ0) is 15.1. The Morgan fingerprint density at radius 2 is 2.14 bits per heavy atom. The Morgan fingerprint density at radius 3 is 2.76 bits per heavy atom. The predicted molar refractivity (Wildman–Crippen MR) is 86.3 cm³/mol. The van der Waals surface area contributed by atoms with Crippen LogP contribution < -0.4 is 0 Å². The second-order valence-electron chi connectivity index (χ2n) is 4.96. The lowest BCUT2D eigenvalue weighted by Gasteiger charge is -2.14. The molecular formula is C17H19ClN2O. The summed E-state index contributed by atoms with van der Waals surface area (Å²) in [4.78, 5) is 16.5. The van der Waals surface area contributed by atoms with Crippen molar-refractivity contribution in [2.24, 2.45) is 0 Å². The zero-order valence-electron chi connectivity index (χ0n) is 12.1. The summed E-state index contributed by atoms with van der Waals surface area (Å²) in [6, 6.07) is 7.25. The Balaban J connectivity index is 2.09. The number of allylic oxidation sites excluding steroid dienone is 1. The quantitative estimate of drug-likeness (QED) is 0.703. The van der Waals surface area contributed by atoms with Gasteiger partial charge in [-0.3, -0.25) is 4.79 Å². The van der Waals surface area contributed by atoms with Gasteiger partial charge in [0.05, 0.1) is 12.4 Å². The molecule has 1 heterocycles. The van der Waals surface area contributed by atoms with E-state index in [1.165, 1.54) is 0 Å². The highest BCUT2D eigenvalue weighted by Crippen LogP contribution is 2.18. The minimum absolute atomic E-state index is 0.0939. The van der Waals surface area contributed by atoms with Gasteiger partial charge in [0.2, 0.25) is 0 Å². The van der Waals surface area contributed by atoms with E-state index in [-0.39, 0.29) is 11.8 Å². The average Bonchev–Trinajstić information content (AvgIpc) is 3.01. The number of unbranched alkanes of at least 4 members (excludes halogenated alkanes) is 1. The first kappa shape index (κ1) is 15.5. The molecule has 0 aliphatic rings. The Kier molecular flexibility index (Phi) is 5.76. The fraction of sp³-hybridized carbons (Fsp3) is 0.294. The Hall–Kier alpha value is -1.87. The topological polar surface area (TPSA) is 34.9 Å². The van der Waals surface area contributed by atoms with E-state index in [4.69, 9.17) is 11.6 Å². The molecule has 0 saturated heterocycles. The van der Waals surface area contributed by atoms with Crippen molar-refractivity contribution in [2.75, 3.05) is 0 Å². The summed E-state index contributed by atoms with van der Waals surface area (Å²) in [6.45, 7) is 2.12. The van der Waals surface area contributed by atoms with Gasteiger partial charge in [0.15, 0.2) is 5.78 Å². The molecule has 3 nitrogen and oxygen atoms in total. The number of imidazole rings is 1. The second kappa shape index (κ2) is 7.79. The molecule has 2 aromatic rings. The third-order valence-electron chi connectivity index (χ3n) is 3.35. The van der Waals surface area contributed by atoms with Crippen molar-refractivity contribution >= 4 is 23.5 Å². The van der Waals surface area contributed by atoms with Crippen molar-refractivity contribution in [2.45, 2.75) is 32.2 Å². The number of carbonyl (C=O) groups excluding carboxylic acids is 1. The Morgan fingerprint density at radius 1 is 1.38 bits per heavy atom. The molecule has 0 spiro atoms. The largest absolute Gasteiger partial charge is 0.327 e. The number of nitrogens with zero attached hydrogens (tertiary/aromatic N) is 2. The molecule has 1 aromatic heterocycles. The highest BCUT2D eigenvalue weighted by molar-refractivity contribution is 6.30. The van der Waals surface area contributed by atoms with Crippen LogP contribution >= 0.6 is 11.6 Å². The van der Waals surface area contributed by atoms with E-state index in [9.17, 15) is 4.79 Å². The summed E-state index contributed by atoms with van der Waals surface area (Å²) >= 11 is 5.85. The number of hydrogen-bond acceptors (Lipinski definition) is 2. The molecule has 0 bridgehead atoms. The maximum atomic E-state index is 12.4. The summed E-state index contributed by atoms with van der Waals surface area (Å²) in [5, 5.41) is 0.692. The van der Waals surface area contributed by atoms with Gasteiger partial charge in [-0.1, -0.05) is 49.6 Å². The minimum atomic E-state index is -0.170. The van der Waals surface area contributed by atoms with Crippen molar-refractivity contribution in [3.05, 3.63) is 59.6 Å². The van der Waals surface area contributed by atoms with Crippen LogP contribution in [0.4, 0.5) is 0 Å². The van der Waals surface area contributed by atoms with Crippen LogP contribution in [0.2, 0.25) is 5.02 Å². The summed E-state index contributed by atoms with van der Waals surface area (Å²) < 4.78 is 1.88. The van der Waals surface area contributed by atoms with Crippen LogP contribution in [0, 0.1) is 0 Å². The second-order valence-corrected chi connectivity index (χ2v) is 5.39. The van der Waals surface area contributed by atoms with Gasteiger partial charge < -0.3 is 4.57 Å². The first-order chi connectivity index (χ1) is 10.2. The molecule has 1 unspecified atom stereocenters. The highest BCUT2D eigenvalue weighted by atomic mass is 35.5. The average molecular weight is 303 g/mol. The third kappa shape index (κ3) is 4.57. The van der Waals surface area contributed by atoms with Gasteiger partial charge in [-0.05, 0) is 30.2 Å². The molecule has 110 valence electrons. The van der Waals surface area contributed by atoms with Gasteiger partial charge in [-0.15, -0.1) is 0 Å². The van der Waals surface area contributed by atoms with E-state index in [1.54, 1.807) is 18.6 Å². The van der Waals surface area contributed by atoms with Crippen LogP contribution in [-0.4, -0.2) is 15.3 Å². The summed E-state index contributed by atoms with van der Waals surface area (Å²) in [7, 11) is 0. The van der Waals surface area contributed by atoms with Gasteiger partial charge in [-0.25, -0.2) is 4.98 Å². The van der Waals surface area contributed by atoms with Crippen molar-refractivity contribution in [3.8, 4) is 0 Å². The van der Waals surface area contributed by atoms with Gasteiger partial charge in [0, 0.05) is 17.4 Å². The molecule has 0 aliphatic heterocycles. The molecule has 2 rings (SSSR count). The van der Waals surface area contributed by atoms with Crippen molar-refractivity contribution in [1.29, 1.82) is 0 Å². The zero-order valence-corrected chi connectivity index (χ0v) is 12.8. The number of benzene rings is 1. The molecule has 0 fully saturated rings. The lowest BCUT2D eigenvalue weighted by Crippen LogP contribution is -2.16. The van der Waals surface area contributed by atoms with Gasteiger partial charge in [-0.2, -0.15) is 0 Å².